The molecule has 1 aliphatic heterocycles. The smallest absolute Gasteiger partial charge is 0.238 e. The lowest BCUT2D eigenvalue weighted by molar-refractivity contribution is -0.426. The van der Waals surface area contributed by atoms with E-state index >= 15 is 0 Å². The van der Waals surface area contributed by atoms with Crippen LogP contribution in [0.15, 0.2) is 24.3 Å². The number of benzene rings is 1. The highest BCUT2D eigenvalue weighted by molar-refractivity contribution is 6.08. The Labute approximate surface area is 130 Å². The number of para-hydroxylation sites is 2. The monoisotopic (exact) mass is 330 g/mol. The molecule has 1 aromatic rings. The van der Waals surface area contributed by atoms with Crippen LogP contribution in [0.5, 0.6) is 0 Å². The highest BCUT2D eigenvalue weighted by atomic mass is 79.9. The van der Waals surface area contributed by atoms with Gasteiger partial charge in [-0.05, 0) is 12.0 Å². The van der Waals surface area contributed by atoms with Gasteiger partial charge in [-0.15, -0.1) is 12.8 Å². The Hall–Kier alpha value is -2.04. The summed E-state index contributed by atoms with van der Waals surface area (Å²) in [6.45, 7) is 2.64. The quantitative estimate of drug-likeness (QED) is 0.493. The Morgan fingerprint density at radius 1 is 1.30 bits per heavy atom. The molecule has 0 saturated heterocycles. The zero-order valence-corrected chi connectivity index (χ0v) is 12.9. The van der Waals surface area contributed by atoms with Crippen LogP contribution in [0, 0.1) is 24.7 Å². The maximum absolute atomic E-state index is 12.3. The predicted octanol–water partition coefficient (Wildman–Crippen LogP) is -1.20. The van der Waals surface area contributed by atoms with Gasteiger partial charge >= 0.3 is 0 Å². The summed E-state index contributed by atoms with van der Waals surface area (Å²) in [4.78, 5) is 13.9. The molecule has 0 atom stereocenters. The van der Waals surface area contributed by atoms with Crippen LogP contribution in [-0.4, -0.2) is 29.3 Å². The third kappa shape index (κ3) is 2.92. The van der Waals surface area contributed by atoms with Crippen LogP contribution in [0.4, 0.5) is 11.4 Å². The Balaban J connectivity index is 0.00000200. The molecule has 0 spiro atoms. The van der Waals surface area contributed by atoms with Crippen molar-refractivity contribution in [1.29, 1.82) is 0 Å². The molecule has 102 valence electrons. The van der Waals surface area contributed by atoms with E-state index < -0.39 is 0 Å². The predicted molar refractivity (Wildman–Crippen MR) is 76.5 cm³/mol. The summed E-state index contributed by atoms with van der Waals surface area (Å²) < 4.78 is 1.99. The number of terminal acetylenes is 2. The first kappa shape index (κ1) is 16.0. The second-order valence-corrected chi connectivity index (χ2v) is 4.38. The molecule has 0 bridgehead atoms. The first-order chi connectivity index (χ1) is 9.19. The van der Waals surface area contributed by atoms with Gasteiger partial charge in [0.05, 0.1) is 6.54 Å². The van der Waals surface area contributed by atoms with E-state index in [1.54, 1.807) is 4.90 Å². The normalized spacial score (nSPS) is 13.8. The van der Waals surface area contributed by atoms with E-state index in [4.69, 9.17) is 12.8 Å². The minimum absolute atomic E-state index is 0. The lowest BCUT2D eigenvalue weighted by Crippen LogP contribution is -3.00. The number of carbonyl (C=O) groups is 1. The molecule has 3 nitrogen and oxygen atoms in total. The summed E-state index contributed by atoms with van der Waals surface area (Å²) in [7, 11) is 0. The second-order valence-electron chi connectivity index (χ2n) is 4.38. The fourth-order valence-electron chi connectivity index (χ4n) is 2.25. The van der Waals surface area contributed by atoms with Crippen molar-refractivity contribution >= 4 is 23.0 Å². The Morgan fingerprint density at radius 3 is 2.65 bits per heavy atom. The van der Waals surface area contributed by atoms with Crippen LogP contribution >= 0.6 is 0 Å². The Kier molecular flexibility index (Phi) is 5.55. The van der Waals surface area contributed by atoms with Gasteiger partial charge in [0.1, 0.15) is 12.1 Å². The molecule has 1 heterocycles. The molecule has 1 aliphatic rings. The van der Waals surface area contributed by atoms with Crippen molar-refractivity contribution < 1.29 is 26.4 Å². The molecule has 0 saturated carbocycles. The van der Waals surface area contributed by atoms with Crippen molar-refractivity contribution in [3.05, 3.63) is 24.3 Å². The number of anilines is 1. The van der Waals surface area contributed by atoms with Crippen LogP contribution < -0.4 is 21.9 Å². The number of carbonyl (C=O) groups excluding carboxylic acids is 1. The van der Waals surface area contributed by atoms with Gasteiger partial charge in [0, 0.05) is 13.0 Å². The van der Waals surface area contributed by atoms with Gasteiger partial charge in [0.15, 0.2) is 5.71 Å². The second kappa shape index (κ2) is 6.93. The Morgan fingerprint density at radius 2 is 2.00 bits per heavy atom. The van der Waals surface area contributed by atoms with E-state index in [9.17, 15) is 4.79 Å². The third-order valence-corrected chi connectivity index (χ3v) is 3.13. The van der Waals surface area contributed by atoms with Crippen molar-refractivity contribution in [1.82, 2.24) is 0 Å². The van der Waals surface area contributed by atoms with Gasteiger partial charge < -0.3 is 17.0 Å². The molecule has 0 radical (unpaired) electrons. The van der Waals surface area contributed by atoms with Gasteiger partial charge in [0.25, 0.3) is 0 Å². The molecule has 20 heavy (non-hydrogen) atoms. The summed E-state index contributed by atoms with van der Waals surface area (Å²) in [5.41, 5.74) is 2.69. The topological polar surface area (TPSA) is 23.3 Å². The Bertz CT molecular complexity index is 635. The molecular weight excluding hydrogens is 316 g/mol. The maximum Gasteiger partial charge on any atom is 0.238 e. The number of hydrogen-bond acceptors (Lipinski definition) is 1. The number of nitrogens with zero attached hydrogens (tertiary/aromatic N) is 2. The van der Waals surface area contributed by atoms with E-state index in [1.807, 2.05) is 35.8 Å². The highest BCUT2D eigenvalue weighted by Gasteiger charge is 2.30. The maximum atomic E-state index is 12.3. The van der Waals surface area contributed by atoms with Crippen molar-refractivity contribution in [2.45, 2.75) is 13.3 Å². The molecule has 0 aliphatic carbocycles. The summed E-state index contributed by atoms with van der Waals surface area (Å²) in [6, 6.07) is 7.68. The zero-order valence-electron chi connectivity index (χ0n) is 11.3. The standard InChI is InChI=1S/C16H15N2O.BrH/c1-4-10-17-13(3)12-16(19)18(11-5-2)15-9-7-6-8-14(15)17;/h1-2,6-9H,10-12H2,3H3;1H/q+1;/p-1. The first-order valence-electron chi connectivity index (χ1n) is 6.05. The van der Waals surface area contributed by atoms with Gasteiger partial charge in [-0.25, -0.2) is 0 Å². The van der Waals surface area contributed by atoms with Crippen LogP contribution in [0.2, 0.25) is 0 Å². The van der Waals surface area contributed by atoms with Gasteiger partial charge in [-0.2, -0.15) is 4.58 Å². The van der Waals surface area contributed by atoms with Gasteiger partial charge in [-0.1, -0.05) is 18.1 Å². The van der Waals surface area contributed by atoms with E-state index in [1.165, 1.54) is 0 Å². The average molecular weight is 331 g/mol. The van der Waals surface area contributed by atoms with E-state index in [0.29, 0.717) is 13.0 Å². The zero-order chi connectivity index (χ0) is 13.8. The minimum atomic E-state index is 0. The molecule has 1 aromatic carbocycles. The van der Waals surface area contributed by atoms with E-state index in [0.717, 1.165) is 17.1 Å². The SMILES string of the molecule is C#CCN1C(=O)CC(C)=[N+](CC#C)c2ccccc21.[Br-]. The number of rotatable bonds is 2. The number of hydrogen-bond donors (Lipinski definition) is 0. The van der Waals surface area contributed by atoms with Crippen molar-refractivity contribution in [2.75, 3.05) is 18.0 Å². The van der Waals surface area contributed by atoms with Crippen LogP contribution in [-0.2, 0) is 4.79 Å². The number of amides is 1. The van der Waals surface area contributed by atoms with Gasteiger partial charge in [-0.3, -0.25) is 9.69 Å². The third-order valence-electron chi connectivity index (χ3n) is 3.13. The fourth-order valence-corrected chi connectivity index (χ4v) is 2.25. The molecule has 0 N–H and O–H groups in total. The van der Waals surface area contributed by atoms with Crippen molar-refractivity contribution in [3.8, 4) is 24.7 Å². The summed E-state index contributed by atoms with van der Waals surface area (Å²) in [5.74, 6) is 5.17. The first-order valence-corrected chi connectivity index (χ1v) is 6.05. The van der Waals surface area contributed by atoms with Crippen molar-refractivity contribution in [2.24, 2.45) is 0 Å². The average Bonchev–Trinajstić information content (AvgIpc) is 2.50. The molecule has 1 amide bonds. The molecule has 4 heteroatoms. The van der Waals surface area contributed by atoms with Crippen LogP contribution in [0.25, 0.3) is 0 Å². The largest absolute Gasteiger partial charge is 1.00 e. The lowest BCUT2D eigenvalue weighted by atomic mass is 10.2. The highest BCUT2D eigenvalue weighted by Crippen LogP contribution is 2.31. The molecular formula is C16H15BrN2O. The van der Waals surface area contributed by atoms with Gasteiger partial charge in [0.2, 0.25) is 18.1 Å². The summed E-state index contributed by atoms with van der Waals surface area (Å²) >= 11 is 0. The molecule has 2 rings (SSSR count). The number of halogens is 1. The summed E-state index contributed by atoms with van der Waals surface area (Å²) in [5, 5.41) is 0. The number of fused-ring (bicyclic) bond motifs is 1. The van der Waals surface area contributed by atoms with E-state index in [-0.39, 0.29) is 29.4 Å². The molecule has 0 aromatic heterocycles. The fraction of sp³-hybridized carbons (Fsp3) is 0.250. The van der Waals surface area contributed by atoms with Crippen molar-refractivity contribution in [3.63, 3.8) is 0 Å². The van der Waals surface area contributed by atoms with E-state index in [2.05, 4.69) is 11.8 Å². The van der Waals surface area contributed by atoms with Crippen LogP contribution in [0.3, 0.4) is 0 Å². The molecule has 0 unspecified atom stereocenters. The lowest BCUT2D eigenvalue weighted by Gasteiger charge is -2.17. The summed E-state index contributed by atoms with van der Waals surface area (Å²) in [6.07, 6.45) is 11.1. The minimum Gasteiger partial charge on any atom is -1.00 e. The molecule has 0 fully saturated rings. The van der Waals surface area contributed by atoms with Crippen LogP contribution in [0.1, 0.15) is 13.3 Å².